The van der Waals surface area contributed by atoms with E-state index in [0.29, 0.717) is 22.2 Å². The maximum absolute atomic E-state index is 13.4. The Labute approximate surface area is 118 Å². The molecular formula is C13H12FN5S. The van der Waals surface area contributed by atoms with Crippen LogP contribution in [0.1, 0.15) is 31.0 Å². The summed E-state index contributed by atoms with van der Waals surface area (Å²) in [6.07, 6.45) is 3.50. The van der Waals surface area contributed by atoms with Crippen LogP contribution < -0.4 is 5.73 Å². The average Bonchev–Trinajstić information content (AvgIpc) is 2.92. The Morgan fingerprint density at radius 3 is 2.90 bits per heavy atom. The number of aromatic nitrogens is 4. The van der Waals surface area contributed by atoms with E-state index in [1.807, 2.05) is 0 Å². The van der Waals surface area contributed by atoms with Crippen molar-refractivity contribution in [3.05, 3.63) is 29.8 Å². The van der Waals surface area contributed by atoms with Crippen molar-refractivity contribution < 1.29 is 4.39 Å². The van der Waals surface area contributed by atoms with Crippen LogP contribution in [0.15, 0.2) is 18.2 Å². The van der Waals surface area contributed by atoms with Gasteiger partial charge >= 0.3 is 0 Å². The topological polar surface area (TPSA) is 69.1 Å². The third kappa shape index (κ3) is 1.70. The molecule has 0 atom stereocenters. The molecule has 102 valence electrons. The summed E-state index contributed by atoms with van der Waals surface area (Å²) < 4.78 is 15.1. The summed E-state index contributed by atoms with van der Waals surface area (Å²) in [7, 11) is 0. The number of rotatable bonds is 2. The molecule has 3 aromatic rings. The summed E-state index contributed by atoms with van der Waals surface area (Å²) in [5.74, 6) is 1.04. The fourth-order valence-corrected chi connectivity index (χ4v) is 3.26. The van der Waals surface area contributed by atoms with Crippen molar-refractivity contribution in [2.24, 2.45) is 0 Å². The van der Waals surface area contributed by atoms with Crippen molar-refractivity contribution in [1.29, 1.82) is 0 Å². The second kappa shape index (κ2) is 4.24. The van der Waals surface area contributed by atoms with Crippen molar-refractivity contribution in [1.82, 2.24) is 19.8 Å². The van der Waals surface area contributed by atoms with E-state index in [1.54, 1.807) is 10.6 Å². The quantitative estimate of drug-likeness (QED) is 0.736. The third-order valence-electron chi connectivity index (χ3n) is 3.73. The maximum Gasteiger partial charge on any atom is 0.234 e. The van der Waals surface area contributed by atoms with Gasteiger partial charge in [-0.3, -0.25) is 0 Å². The molecule has 0 saturated heterocycles. The Morgan fingerprint density at radius 1 is 1.30 bits per heavy atom. The fourth-order valence-electron chi connectivity index (χ4n) is 2.38. The molecule has 0 unspecified atom stereocenters. The molecule has 4 rings (SSSR count). The lowest BCUT2D eigenvalue weighted by atomic mass is 9.85. The molecular weight excluding hydrogens is 277 g/mol. The Hall–Kier alpha value is -2.02. The number of nitrogen functional groups attached to an aromatic ring is 1. The second-order valence-electron chi connectivity index (χ2n) is 5.02. The summed E-state index contributed by atoms with van der Waals surface area (Å²) in [4.78, 5) is 0.727. The van der Waals surface area contributed by atoms with Gasteiger partial charge in [-0.2, -0.15) is 9.61 Å². The van der Waals surface area contributed by atoms with Gasteiger partial charge in [0, 0.05) is 17.2 Å². The molecule has 0 spiro atoms. The van der Waals surface area contributed by atoms with E-state index in [1.165, 1.54) is 29.9 Å². The number of anilines is 1. The Kier molecular flexibility index (Phi) is 2.50. The highest BCUT2D eigenvalue weighted by Gasteiger charge is 2.26. The lowest BCUT2D eigenvalue weighted by Crippen LogP contribution is -2.13. The zero-order chi connectivity index (χ0) is 13.7. The number of fused-ring (bicyclic) bond motifs is 1. The van der Waals surface area contributed by atoms with Gasteiger partial charge in [0.1, 0.15) is 10.8 Å². The fraction of sp³-hybridized carbons (Fsp3) is 0.308. The predicted octanol–water partition coefficient (Wildman–Crippen LogP) is 2.84. The summed E-state index contributed by atoms with van der Waals surface area (Å²) in [6, 6.07) is 4.31. The highest BCUT2D eigenvalue weighted by Crippen LogP contribution is 2.37. The van der Waals surface area contributed by atoms with Crippen LogP contribution >= 0.6 is 11.3 Å². The Bertz CT molecular complexity index is 789. The summed E-state index contributed by atoms with van der Waals surface area (Å²) in [6.45, 7) is 0. The number of benzene rings is 1. The molecule has 1 aliphatic rings. The van der Waals surface area contributed by atoms with Crippen LogP contribution in [0.4, 0.5) is 10.1 Å². The SMILES string of the molecule is Nc1ccc(F)cc1-c1nn2c(C3CCC3)nnc2s1. The number of nitrogens with zero attached hydrogens (tertiary/aromatic N) is 4. The third-order valence-corrected chi connectivity index (χ3v) is 4.66. The van der Waals surface area contributed by atoms with Crippen LogP contribution in [0, 0.1) is 5.82 Å². The molecule has 1 aliphatic carbocycles. The average molecular weight is 289 g/mol. The molecule has 2 N–H and O–H groups in total. The van der Waals surface area contributed by atoms with E-state index in [0.717, 1.165) is 23.6 Å². The van der Waals surface area contributed by atoms with Crippen LogP contribution in [0.2, 0.25) is 0 Å². The van der Waals surface area contributed by atoms with E-state index in [9.17, 15) is 4.39 Å². The number of nitrogens with two attached hydrogens (primary N) is 1. The van der Waals surface area contributed by atoms with Gasteiger partial charge in [-0.25, -0.2) is 4.39 Å². The molecule has 0 bridgehead atoms. The summed E-state index contributed by atoms with van der Waals surface area (Å²) in [5.41, 5.74) is 7.03. The normalized spacial score (nSPS) is 15.7. The first-order valence-electron chi connectivity index (χ1n) is 6.50. The highest BCUT2D eigenvalue weighted by molar-refractivity contribution is 7.19. The molecule has 1 fully saturated rings. The first kappa shape index (κ1) is 11.8. The zero-order valence-electron chi connectivity index (χ0n) is 10.6. The van der Waals surface area contributed by atoms with E-state index in [-0.39, 0.29) is 5.82 Å². The van der Waals surface area contributed by atoms with Crippen LogP contribution in [0.3, 0.4) is 0 Å². The van der Waals surface area contributed by atoms with Crippen LogP contribution in [0.25, 0.3) is 15.5 Å². The molecule has 5 nitrogen and oxygen atoms in total. The van der Waals surface area contributed by atoms with Gasteiger partial charge in [-0.1, -0.05) is 17.8 Å². The van der Waals surface area contributed by atoms with Crippen LogP contribution in [-0.4, -0.2) is 19.8 Å². The number of halogens is 1. The highest BCUT2D eigenvalue weighted by atomic mass is 32.1. The van der Waals surface area contributed by atoms with Crippen molar-refractivity contribution in [3.63, 3.8) is 0 Å². The molecule has 1 saturated carbocycles. The smallest absolute Gasteiger partial charge is 0.234 e. The second-order valence-corrected chi connectivity index (χ2v) is 5.98. The largest absolute Gasteiger partial charge is 0.398 e. The van der Waals surface area contributed by atoms with Gasteiger partial charge in [-0.05, 0) is 31.0 Å². The monoisotopic (exact) mass is 289 g/mol. The van der Waals surface area contributed by atoms with Gasteiger partial charge in [-0.15, -0.1) is 10.2 Å². The number of hydrogen-bond acceptors (Lipinski definition) is 5. The standard InChI is InChI=1S/C13H12FN5S/c14-8-4-5-10(15)9(6-8)12-18-19-11(7-2-1-3-7)16-17-13(19)20-12/h4-7H,1-3,15H2. The van der Waals surface area contributed by atoms with Crippen LogP contribution in [-0.2, 0) is 0 Å². The van der Waals surface area contributed by atoms with Gasteiger partial charge in [0.2, 0.25) is 4.96 Å². The first-order valence-corrected chi connectivity index (χ1v) is 7.31. The minimum Gasteiger partial charge on any atom is -0.398 e. The number of hydrogen-bond donors (Lipinski definition) is 1. The van der Waals surface area contributed by atoms with Crippen molar-refractivity contribution in [2.75, 3.05) is 5.73 Å². The lowest BCUT2D eigenvalue weighted by Gasteiger charge is -2.22. The van der Waals surface area contributed by atoms with E-state index < -0.39 is 0 Å². The van der Waals surface area contributed by atoms with Gasteiger partial charge in [0.25, 0.3) is 0 Å². The lowest BCUT2D eigenvalue weighted by molar-refractivity contribution is 0.395. The molecule has 0 radical (unpaired) electrons. The Balaban J connectivity index is 1.84. The van der Waals surface area contributed by atoms with Crippen molar-refractivity contribution >= 4 is 22.0 Å². The molecule has 1 aromatic carbocycles. The molecule has 0 aliphatic heterocycles. The molecule has 0 amide bonds. The first-order chi connectivity index (χ1) is 9.72. The summed E-state index contributed by atoms with van der Waals surface area (Å²) >= 11 is 1.38. The summed E-state index contributed by atoms with van der Waals surface area (Å²) in [5, 5.41) is 13.5. The van der Waals surface area contributed by atoms with E-state index in [2.05, 4.69) is 15.3 Å². The molecule has 7 heteroatoms. The van der Waals surface area contributed by atoms with Crippen molar-refractivity contribution in [3.8, 4) is 10.6 Å². The minimum absolute atomic E-state index is 0.320. The van der Waals surface area contributed by atoms with Gasteiger partial charge in [0.05, 0.1) is 0 Å². The molecule has 20 heavy (non-hydrogen) atoms. The maximum atomic E-state index is 13.4. The van der Waals surface area contributed by atoms with Gasteiger partial charge in [0.15, 0.2) is 5.82 Å². The van der Waals surface area contributed by atoms with E-state index >= 15 is 0 Å². The van der Waals surface area contributed by atoms with Crippen LogP contribution in [0.5, 0.6) is 0 Å². The van der Waals surface area contributed by atoms with E-state index in [4.69, 9.17) is 5.73 Å². The molecule has 2 aromatic heterocycles. The molecule has 2 heterocycles. The van der Waals surface area contributed by atoms with Gasteiger partial charge < -0.3 is 5.73 Å². The predicted molar refractivity (Wildman–Crippen MR) is 75.1 cm³/mol. The minimum atomic E-state index is -0.320. The Morgan fingerprint density at radius 2 is 2.15 bits per heavy atom. The zero-order valence-corrected chi connectivity index (χ0v) is 11.4. The van der Waals surface area contributed by atoms with Crippen molar-refractivity contribution in [2.45, 2.75) is 25.2 Å².